The normalized spacial score (nSPS) is 31.2. The molecule has 0 bridgehead atoms. The summed E-state index contributed by atoms with van der Waals surface area (Å²) >= 11 is 0. The second kappa shape index (κ2) is 8.06. The van der Waals surface area contributed by atoms with E-state index in [9.17, 15) is 19.5 Å². The second-order valence-corrected chi connectivity index (χ2v) is 4.68. The Morgan fingerprint density at radius 2 is 1.36 bits per heavy atom. The minimum atomic E-state index is -1.17. The van der Waals surface area contributed by atoms with Crippen LogP contribution in [0, 0.1) is 0 Å². The third-order valence-corrected chi connectivity index (χ3v) is 2.91. The van der Waals surface area contributed by atoms with Crippen LogP contribution in [0.25, 0.3) is 0 Å². The van der Waals surface area contributed by atoms with Crippen molar-refractivity contribution < 1.29 is 43.2 Å². The zero-order valence-electron chi connectivity index (χ0n) is 12.8. The Hall–Kier alpha value is -1.71. The highest BCUT2D eigenvalue weighted by atomic mass is 16.7. The first kappa shape index (κ1) is 18.3. The van der Waals surface area contributed by atoms with E-state index >= 15 is 0 Å². The van der Waals surface area contributed by atoms with Gasteiger partial charge in [-0.1, -0.05) is 0 Å². The van der Waals surface area contributed by atoms with Crippen LogP contribution in [0.4, 0.5) is 0 Å². The minimum absolute atomic E-state index is 0.512. The number of aliphatic hydroxyl groups excluding tert-OH is 1. The quantitative estimate of drug-likeness (QED) is 0.510. The largest absolute Gasteiger partial charge is 0.456 e. The number of carbonyl (C=O) groups is 3. The van der Waals surface area contributed by atoms with Crippen LogP contribution >= 0.6 is 0 Å². The number of ether oxygens (including phenoxy) is 5. The van der Waals surface area contributed by atoms with Gasteiger partial charge in [-0.15, -0.1) is 0 Å². The van der Waals surface area contributed by atoms with Crippen LogP contribution in [-0.2, 0) is 38.1 Å². The number of hydrogen-bond acceptors (Lipinski definition) is 9. The SMILES string of the molecule is CO[C@H]1O[C@H](CO)[C@H](OC(C)=O)[C@@H](OC(C)=O)[C@H]1OC(C)=O. The fourth-order valence-electron chi connectivity index (χ4n) is 2.19. The molecule has 0 amide bonds. The molecule has 0 aromatic carbocycles. The molecule has 0 unspecified atom stereocenters. The van der Waals surface area contributed by atoms with Gasteiger partial charge in [0.1, 0.15) is 6.10 Å². The molecular weight excluding hydrogens is 300 g/mol. The molecule has 1 aliphatic heterocycles. The summed E-state index contributed by atoms with van der Waals surface area (Å²) in [6, 6.07) is 0. The van der Waals surface area contributed by atoms with Crippen molar-refractivity contribution in [1.82, 2.24) is 0 Å². The van der Waals surface area contributed by atoms with Crippen molar-refractivity contribution in [3.63, 3.8) is 0 Å². The van der Waals surface area contributed by atoms with E-state index in [4.69, 9.17) is 23.7 Å². The Labute approximate surface area is 127 Å². The van der Waals surface area contributed by atoms with Crippen molar-refractivity contribution >= 4 is 17.9 Å². The predicted octanol–water partition coefficient (Wildman–Crippen LogP) is -0.855. The van der Waals surface area contributed by atoms with E-state index in [1.807, 2.05) is 0 Å². The molecule has 0 aromatic rings. The van der Waals surface area contributed by atoms with Crippen molar-refractivity contribution in [1.29, 1.82) is 0 Å². The third kappa shape index (κ3) is 4.65. The number of rotatable bonds is 5. The maximum absolute atomic E-state index is 11.3. The van der Waals surface area contributed by atoms with Crippen molar-refractivity contribution in [2.75, 3.05) is 13.7 Å². The summed E-state index contributed by atoms with van der Waals surface area (Å²) in [5, 5.41) is 9.39. The molecule has 1 N–H and O–H groups in total. The van der Waals surface area contributed by atoms with Crippen LogP contribution in [0.1, 0.15) is 20.8 Å². The monoisotopic (exact) mass is 320 g/mol. The summed E-state index contributed by atoms with van der Waals surface area (Å²) < 4.78 is 25.7. The standard InChI is InChI=1S/C13H20O9/c1-6(15)19-10-9(5-14)22-13(18-4)12(21-8(3)17)11(10)20-7(2)16/h9-14H,5H2,1-4H3/t9-,10+,11-,12-,13+/m1/s1. The first-order valence-electron chi connectivity index (χ1n) is 6.61. The molecule has 1 saturated heterocycles. The summed E-state index contributed by atoms with van der Waals surface area (Å²) in [4.78, 5) is 33.8. The van der Waals surface area contributed by atoms with Crippen LogP contribution in [0.5, 0.6) is 0 Å². The minimum Gasteiger partial charge on any atom is -0.456 e. The van der Waals surface area contributed by atoms with Crippen LogP contribution in [-0.4, -0.2) is 67.4 Å². The maximum atomic E-state index is 11.3. The van der Waals surface area contributed by atoms with Crippen LogP contribution < -0.4 is 0 Å². The van der Waals surface area contributed by atoms with Crippen molar-refractivity contribution in [3.05, 3.63) is 0 Å². The van der Waals surface area contributed by atoms with Gasteiger partial charge in [-0.05, 0) is 0 Å². The van der Waals surface area contributed by atoms with Crippen LogP contribution in [0.3, 0.4) is 0 Å². The predicted molar refractivity (Wildman–Crippen MR) is 69.4 cm³/mol. The van der Waals surface area contributed by atoms with Gasteiger partial charge < -0.3 is 28.8 Å². The average molecular weight is 320 g/mol. The molecule has 0 radical (unpaired) electrons. The summed E-state index contributed by atoms with van der Waals surface area (Å²) in [7, 11) is 1.30. The van der Waals surface area contributed by atoms with Gasteiger partial charge in [0.15, 0.2) is 24.6 Å². The maximum Gasteiger partial charge on any atom is 0.303 e. The van der Waals surface area contributed by atoms with Gasteiger partial charge in [0.25, 0.3) is 0 Å². The van der Waals surface area contributed by atoms with E-state index in [0.717, 1.165) is 20.8 Å². The van der Waals surface area contributed by atoms with Crippen LogP contribution in [0.15, 0.2) is 0 Å². The number of aliphatic hydroxyl groups is 1. The molecule has 9 heteroatoms. The van der Waals surface area contributed by atoms with Crippen LogP contribution in [0.2, 0.25) is 0 Å². The molecule has 126 valence electrons. The summed E-state index contributed by atoms with van der Waals surface area (Å²) in [5.74, 6) is -1.99. The number of esters is 3. The highest BCUT2D eigenvalue weighted by Crippen LogP contribution is 2.28. The summed E-state index contributed by atoms with van der Waals surface area (Å²) in [6.07, 6.45) is -5.52. The molecule has 1 rings (SSSR count). The molecule has 22 heavy (non-hydrogen) atoms. The van der Waals surface area contributed by atoms with E-state index in [-0.39, 0.29) is 0 Å². The molecule has 1 aliphatic rings. The summed E-state index contributed by atoms with van der Waals surface area (Å²) in [6.45, 7) is 2.96. The Balaban J connectivity index is 3.14. The van der Waals surface area contributed by atoms with Gasteiger partial charge in [0.05, 0.1) is 6.61 Å². The van der Waals surface area contributed by atoms with Crippen molar-refractivity contribution in [3.8, 4) is 0 Å². The zero-order chi connectivity index (χ0) is 16.9. The molecule has 0 aliphatic carbocycles. The topological polar surface area (TPSA) is 118 Å². The molecule has 5 atom stereocenters. The van der Waals surface area contributed by atoms with E-state index < -0.39 is 55.2 Å². The van der Waals surface area contributed by atoms with Gasteiger partial charge in [0, 0.05) is 27.9 Å². The van der Waals surface area contributed by atoms with E-state index in [1.165, 1.54) is 7.11 Å². The zero-order valence-corrected chi connectivity index (χ0v) is 12.8. The first-order valence-corrected chi connectivity index (χ1v) is 6.61. The van der Waals surface area contributed by atoms with Gasteiger partial charge in [0.2, 0.25) is 0 Å². The molecular formula is C13H20O9. The molecule has 0 spiro atoms. The lowest BCUT2D eigenvalue weighted by atomic mass is 9.98. The fourth-order valence-corrected chi connectivity index (χ4v) is 2.19. The average Bonchev–Trinajstić information content (AvgIpc) is 2.41. The first-order chi connectivity index (χ1) is 10.3. The second-order valence-electron chi connectivity index (χ2n) is 4.68. The third-order valence-electron chi connectivity index (χ3n) is 2.91. The number of carbonyl (C=O) groups excluding carboxylic acids is 3. The van der Waals surface area contributed by atoms with E-state index in [1.54, 1.807) is 0 Å². The lowest BCUT2D eigenvalue weighted by molar-refractivity contribution is -0.302. The van der Waals surface area contributed by atoms with E-state index in [0.29, 0.717) is 0 Å². The van der Waals surface area contributed by atoms with Gasteiger partial charge in [-0.3, -0.25) is 14.4 Å². The van der Waals surface area contributed by atoms with Gasteiger partial charge in [-0.2, -0.15) is 0 Å². The van der Waals surface area contributed by atoms with Gasteiger partial charge >= 0.3 is 17.9 Å². The lowest BCUT2D eigenvalue weighted by Gasteiger charge is -2.43. The number of methoxy groups -OCH3 is 1. The Morgan fingerprint density at radius 1 is 0.909 bits per heavy atom. The van der Waals surface area contributed by atoms with Gasteiger partial charge in [-0.25, -0.2) is 0 Å². The molecule has 0 saturated carbocycles. The number of hydrogen-bond donors (Lipinski definition) is 1. The molecule has 0 aromatic heterocycles. The molecule has 9 nitrogen and oxygen atoms in total. The fraction of sp³-hybridized carbons (Fsp3) is 0.769. The summed E-state index contributed by atoms with van der Waals surface area (Å²) in [5.41, 5.74) is 0. The Bertz CT molecular complexity index is 392. The molecule has 1 heterocycles. The van der Waals surface area contributed by atoms with Crippen molar-refractivity contribution in [2.24, 2.45) is 0 Å². The molecule has 1 fully saturated rings. The lowest BCUT2D eigenvalue weighted by Crippen LogP contribution is -2.62. The highest BCUT2D eigenvalue weighted by molar-refractivity contribution is 5.68. The Kier molecular flexibility index (Phi) is 6.72. The van der Waals surface area contributed by atoms with Crippen molar-refractivity contribution in [2.45, 2.75) is 51.5 Å². The highest BCUT2D eigenvalue weighted by Gasteiger charge is 2.51. The Morgan fingerprint density at radius 3 is 1.77 bits per heavy atom. The smallest absolute Gasteiger partial charge is 0.303 e. The van der Waals surface area contributed by atoms with E-state index in [2.05, 4.69) is 0 Å².